The Balaban J connectivity index is 1.51. The number of benzene rings is 1. The average molecular weight is 373 g/mol. The third-order valence-electron chi connectivity index (χ3n) is 5.20. The molecule has 2 saturated heterocycles. The zero-order valence-corrected chi connectivity index (χ0v) is 16.0. The van der Waals surface area contributed by atoms with Gasteiger partial charge in [0.15, 0.2) is 0 Å². The van der Waals surface area contributed by atoms with E-state index in [1.54, 1.807) is 12.0 Å². The molecule has 2 aliphatic heterocycles. The molecular formula is C20H27N3O4. The zero-order valence-electron chi connectivity index (χ0n) is 16.0. The summed E-state index contributed by atoms with van der Waals surface area (Å²) in [5, 5.41) is 2.91. The third-order valence-corrected chi connectivity index (χ3v) is 5.20. The number of ether oxygens (including phenoxy) is 1. The van der Waals surface area contributed by atoms with Crippen LogP contribution in [-0.4, -0.2) is 55.9 Å². The fraction of sp³-hybridized carbons (Fsp3) is 0.550. The second kappa shape index (κ2) is 8.41. The van der Waals surface area contributed by atoms with E-state index in [2.05, 4.69) is 5.32 Å². The van der Waals surface area contributed by atoms with E-state index in [0.717, 1.165) is 24.9 Å². The Kier molecular flexibility index (Phi) is 5.98. The summed E-state index contributed by atoms with van der Waals surface area (Å²) in [6, 6.07) is 5.67. The molecule has 2 aliphatic rings. The number of methoxy groups -OCH3 is 1. The largest absolute Gasteiger partial charge is 0.495 e. The minimum atomic E-state index is -0.365. The molecule has 3 amide bonds. The Bertz CT molecular complexity index is 734. The van der Waals surface area contributed by atoms with E-state index in [4.69, 9.17) is 4.74 Å². The van der Waals surface area contributed by atoms with Crippen molar-refractivity contribution >= 4 is 23.4 Å². The second-order valence-electron chi connectivity index (χ2n) is 7.21. The number of hydrogen-bond acceptors (Lipinski definition) is 4. The van der Waals surface area contributed by atoms with E-state index >= 15 is 0 Å². The first-order valence-electron chi connectivity index (χ1n) is 9.50. The van der Waals surface area contributed by atoms with Crippen LogP contribution in [0.25, 0.3) is 0 Å². The molecule has 0 saturated carbocycles. The summed E-state index contributed by atoms with van der Waals surface area (Å²) >= 11 is 0. The Hall–Kier alpha value is -2.57. The lowest BCUT2D eigenvalue weighted by Gasteiger charge is -2.20. The highest BCUT2D eigenvalue weighted by Crippen LogP contribution is 2.33. The summed E-state index contributed by atoms with van der Waals surface area (Å²) in [5.74, 6) is 0.291. The van der Waals surface area contributed by atoms with Crippen LogP contribution in [-0.2, 0) is 14.4 Å². The van der Waals surface area contributed by atoms with Crippen LogP contribution in [0.1, 0.15) is 31.2 Å². The third kappa shape index (κ3) is 4.40. The van der Waals surface area contributed by atoms with Crippen molar-refractivity contribution in [2.45, 2.75) is 32.6 Å². The molecule has 2 fully saturated rings. The monoisotopic (exact) mass is 373 g/mol. The number of rotatable bonds is 7. The molecule has 1 N–H and O–H groups in total. The van der Waals surface area contributed by atoms with Gasteiger partial charge in [-0.15, -0.1) is 0 Å². The van der Waals surface area contributed by atoms with Crippen molar-refractivity contribution in [3.63, 3.8) is 0 Å². The first-order chi connectivity index (χ1) is 13.0. The van der Waals surface area contributed by atoms with Crippen LogP contribution in [0.5, 0.6) is 5.75 Å². The lowest BCUT2D eigenvalue weighted by Crippen LogP contribution is -2.35. The standard InChI is InChI=1S/C20H27N3O4/c1-14-6-7-17(27-2)16(11-14)23-13-15(12-19(23)25)20(26)21-8-4-10-22-9-3-5-18(22)24/h6-7,11,15H,3-5,8-10,12-13H2,1-2H3,(H,21,26). The van der Waals surface area contributed by atoms with Gasteiger partial charge in [-0.1, -0.05) is 6.07 Å². The van der Waals surface area contributed by atoms with Gasteiger partial charge in [0.25, 0.3) is 0 Å². The Morgan fingerprint density at radius 1 is 1.30 bits per heavy atom. The van der Waals surface area contributed by atoms with Crippen LogP contribution in [0.4, 0.5) is 5.69 Å². The number of aryl methyl sites for hydroxylation is 1. The molecule has 146 valence electrons. The minimum Gasteiger partial charge on any atom is -0.495 e. The van der Waals surface area contributed by atoms with Gasteiger partial charge in [-0.05, 0) is 37.5 Å². The highest BCUT2D eigenvalue weighted by molar-refractivity contribution is 6.01. The summed E-state index contributed by atoms with van der Waals surface area (Å²) in [6.45, 7) is 4.32. The maximum atomic E-state index is 12.5. The van der Waals surface area contributed by atoms with Crippen molar-refractivity contribution in [2.75, 3.05) is 38.2 Å². The second-order valence-corrected chi connectivity index (χ2v) is 7.21. The van der Waals surface area contributed by atoms with E-state index in [0.29, 0.717) is 37.5 Å². The predicted molar refractivity (Wildman–Crippen MR) is 102 cm³/mol. The minimum absolute atomic E-state index is 0.0679. The summed E-state index contributed by atoms with van der Waals surface area (Å²) in [6.07, 6.45) is 2.49. The maximum Gasteiger partial charge on any atom is 0.227 e. The van der Waals surface area contributed by atoms with Crippen LogP contribution in [0.15, 0.2) is 18.2 Å². The number of carbonyl (C=O) groups is 3. The number of likely N-dealkylation sites (tertiary alicyclic amines) is 1. The van der Waals surface area contributed by atoms with Gasteiger partial charge in [0.2, 0.25) is 17.7 Å². The number of amides is 3. The van der Waals surface area contributed by atoms with E-state index in [1.165, 1.54) is 0 Å². The molecule has 1 unspecified atom stereocenters. The molecular weight excluding hydrogens is 346 g/mol. The Labute approximate surface area is 159 Å². The van der Waals surface area contributed by atoms with Crippen molar-refractivity contribution in [1.29, 1.82) is 0 Å². The number of nitrogens with zero attached hydrogens (tertiary/aromatic N) is 2. The van der Waals surface area contributed by atoms with Crippen LogP contribution in [0, 0.1) is 12.8 Å². The van der Waals surface area contributed by atoms with Crippen molar-refractivity contribution in [2.24, 2.45) is 5.92 Å². The fourth-order valence-electron chi connectivity index (χ4n) is 3.69. The van der Waals surface area contributed by atoms with Gasteiger partial charge in [-0.25, -0.2) is 0 Å². The highest BCUT2D eigenvalue weighted by atomic mass is 16.5. The first kappa shape index (κ1) is 19.2. The summed E-state index contributed by atoms with van der Waals surface area (Å²) in [4.78, 5) is 40.0. The molecule has 1 aromatic rings. The van der Waals surface area contributed by atoms with Crippen molar-refractivity contribution in [3.05, 3.63) is 23.8 Å². The number of hydrogen-bond donors (Lipinski definition) is 1. The molecule has 0 aliphatic carbocycles. The maximum absolute atomic E-state index is 12.5. The van der Waals surface area contributed by atoms with Gasteiger partial charge < -0.3 is 19.9 Å². The van der Waals surface area contributed by atoms with Crippen LogP contribution < -0.4 is 15.0 Å². The number of anilines is 1. The van der Waals surface area contributed by atoms with Gasteiger partial charge in [-0.3, -0.25) is 14.4 Å². The Morgan fingerprint density at radius 3 is 2.81 bits per heavy atom. The summed E-state index contributed by atoms with van der Waals surface area (Å²) in [5.41, 5.74) is 1.74. The number of nitrogens with one attached hydrogen (secondary N) is 1. The van der Waals surface area contributed by atoms with Gasteiger partial charge >= 0.3 is 0 Å². The summed E-state index contributed by atoms with van der Waals surface area (Å²) < 4.78 is 5.37. The molecule has 3 rings (SSSR count). The van der Waals surface area contributed by atoms with Crippen LogP contribution >= 0.6 is 0 Å². The molecule has 1 atom stereocenters. The molecule has 27 heavy (non-hydrogen) atoms. The van der Waals surface area contributed by atoms with Gasteiger partial charge in [-0.2, -0.15) is 0 Å². The molecule has 7 heteroatoms. The molecule has 0 aromatic heterocycles. The molecule has 0 bridgehead atoms. The first-order valence-corrected chi connectivity index (χ1v) is 9.50. The highest BCUT2D eigenvalue weighted by Gasteiger charge is 2.36. The van der Waals surface area contributed by atoms with Crippen LogP contribution in [0.3, 0.4) is 0 Å². The van der Waals surface area contributed by atoms with Crippen molar-refractivity contribution in [3.8, 4) is 5.75 Å². The fourth-order valence-corrected chi connectivity index (χ4v) is 3.69. The quantitative estimate of drug-likeness (QED) is 0.735. The average Bonchev–Trinajstić information content (AvgIpc) is 3.24. The lowest BCUT2D eigenvalue weighted by molar-refractivity contribution is -0.127. The van der Waals surface area contributed by atoms with Crippen molar-refractivity contribution < 1.29 is 19.1 Å². The topological polar surface area (TPSA) is 79.0 Å². The van der Waals surface area contributed by atoms with E-state index < -0.39 is 0 Å². The smallest absolute Gasteiger partial charge is 0.227 e. The van der Waals surface area contributed by atoms with Gasteiger partial charge in [0.1, 0.15) is 5.75 Å². The predicted octanol–water partition coefficient (Wildman–Crippen LogP) is 1.49. The SMILES string of the molecule is COc1ccc(C)cc1N1CC(C(=O)NCCCN2CCCC2=O)CC1=O. The Morgan fingerprint density at radius 2 is 2.11 bits per heavy atom. The lowest BCUT2D eigenvalue weighted by atomic mass is 10.1. The van der Waals surface area contributed by atoms with Gasteiger partial charge in [0.05, 0.1) is 18.7 Å². The normalized spacial score (nSPS) is 19.7. The van der Waals surface area contributed by atoms with E-state index in [-0.39, 0.29) is 30.1 Å². The molecule has 1 aromatic carbocycles. The molecule has 2 heterocycles. The molecule has 0 spiro atoms. The van der Waals surface area contributed by atoms with E-state index in [9.17, 15) is 14.4 Å². The summed E-state index contributed by atoms with van der Waals surface area (Å²) in [7, 11) is 1.57. The molecule has 7 nitrogen and oxygen atoms in total. The van der Waals surface area contributed by atoms with Crippen LogP contribution in [0.2, 0.25) is 0 Å². The number of carbonyl (C=O) groups excluding carboxylic acids is 3. The van der Waals surface area contributed by atoms with Crippen molar-refractivity contribution in [1.82, 2.24) is 10.2 Å². The van der Waals surface area contributed by atoms with Gasteiger partial charge in [0, 0.05) is 39.0 Å². The molecule has 0 radical (unpaired) electrons. The zero-order chi connectivity index (χ0) is 19.4. The van der Waals surface area contributed by atoms with E-state index in [1.807, 2.05) is 30.0 Å².